The highest BCUT2D eigenvalue weighted by Gasteiger charge is 2.47. The van der Waals surface area contributed by atoms with E-state index >= 15 is 0 Å². The highest BCUT2D eigenvalue weighted by Crippen LogP contribution is 2.39. The van der Waals surface area contributed by atoms with Crippen molar-refractivity contribution in [3.63, 3.8) is 0 Å². The van der Waals surface area contributed by atoms with E-state index in [0.29, 0.717) is 6.54 Å². The molecule has 4 heteroatoms. The van der Waals surface area contributed by atoms with Gasteiger partial charge >= 0.3 is 0 Å². The van der Waals surface area contributed by atoms with E-state index < -0.39 is 0 Å². The zero-order chi connectivity index (χ0) is 24.3. The monoisotopic (exact) mass is 444 g/mol. The molecule has 2 unspecified atom stereocenters. The van der Waals surface area contributed by atoms with Gasteiger partial charge in [0.05, 0.1) is 11.8 Å². The fourth-order valence-electron chi connectivity index (χ4n) is 4.17. The van der Waals surface area contributed by atoms with Crippen molar-refractivity contribution in [3.05, 3.63) is 34.9 Å². The SMILES string of the molecule is CC(C)=CCC/C(C)=C/CCC1=CCC2C(=O)N(CCCN(C)C)C(=O)C2C1.CC(C)C. The smallest absolute Gasteiger partial charge is 0.233 e. The van der Waals surface area contributed by atoms with Crippen LogP contribution in [0.4, 0.5) is 0 Å². The molecule has 0 radical (unpaired) electrons. The van der Waals surface area contributed by atoms with E-state index in [1.807, 2.05) is 14.1 Å². The number of likely N-dealkylation sites (tertiary alicyclic amines) is 1. The van der Waals surface area contributed by atoms with Crippen molar-refractivity contribution in [1.29, 1.82) is 0 Å². The normalized spacial score (nSPS) is 20.9. The summed E-state index contributed by atoms with van der Waals surface area (Å²) < 4.78 is 0. The van der Waals surface area contributed by atoms with Crippen LogP contribution in [0.5, 0.6) is 0 Å². The first-order valence-corrected chi connectivity index (χ1v) is 12.5. The average molecular weight is 445 g/mol. The Morgan fingerprint density at radius 3 is 2.28 bits per heavy atom. The minimum absolute atomic E-state index is 0.0547. The second kappa shape index (κ2) is 14.5. The molecule has 0 aromatic heterocycles. The van der Waals surface area contributed by atoms with Gasteiger partial charge in [0.1, 0.15) is 0 Å². The minimum Gasteiger partial charge on any atom is -0.309 e. The van der Waals surface area contributed by atoms with Gasteiger partial charge in [-0.15, -0.1) is 0 Å². The van der Waals surface area contributed by atoms with Gasteiger partial charge in [0.15, 0.2) is 0 Å². The van der Waals surface area contributed by atoms with Crippen molar-refractivity contribution in [3.8, 4) is 0 Å². The number of hydrogen-bond acceptors (Lipinski definition) is 3. The highest BCUT2D eigenvalue weighted by atomic mass is 16.2. The molecule has 2 rings (SSSR count). The lowest BCUT2D eigenvalue weighted by Crippen LogP contribution is -2.33. The van der Waals surface area contributed by atoms with E-state index in [1.54, 1.807) is 0 Å². The van der Waals surface area contributed by atoms with Crippen molar-refractivity contribution in [2.75, 3.05) is 27.2 Å². The highest BCUT2D eigenvalue weighted by molar-refractivity contribution is 6.05. The molecule has 1 aliphatic carbocycles. The van der Waals surface area contributed by atoms with Crippen LogP contribution in [0.1, 0.15) is 86.5 Å². The van der Waals surface area contributed by atoms with Crippen LogP contribution in [-0.2, 0) is 9.59 Å². The molecule has 32 heavy (non-hydrogen) atoms. The van der Waals surface area contributed by atoms with Gasteiger partial charge in [0, 0.05) is 6.54 Å². The van der Waals surface area contributed by atoms with Crippen molar-refractivity contribution in [1.82, 2.24) is 9.80 Å². The third-order valence-corrected chi connectivity index (χ3v) is 5.83. The Bertz CT molecular complexity index is 693. The first kappa shape index (κ1) is 28.4. The molecule has 2 atom stereocenters. The number of carbonyl (C=O) groups excluding carboxylic acids is 2. The molecule has 0 saturated carbocycles. The van der Waals surface area contributed by atoms with E-state index in [1.165, 1.54) is 21.6 Å². The molecule has 0 bridgehead atoms. The molecule has 0 spiro atoms. The molecule has 1 aliphatic heterocycles. The molecule has 2 aliphatic rings. The van der Waals surface area contributed by atoms with Crippen LogP contribution in [0.15, 0.2) is 34.9 Å². The van der Waals surface area contributed by atoms with Crippen LogP contribution in [-0.4, -0.2) is 48.8 Å². The molecule has 0 N–H and O–H groups in total. The predicted octanol–water partition coefficient (Wildman–Crippen LogP) is 6.39. The zero-order valence-corrected chi connectivity index (χ0v) is 22.0. The van der Waals surface area contributed by atoms with Crippen LogP contribution in [0.25, 0.3) is 0 Å². The Labute approximate surface area is 197 Å². The predicted molar refractivity (Wildman–Crippen MR) is 136 cm³/mol. The van der Waals surface area contributed by atoms with Gasteiger partial charge in [-0.2, -0.15) is 0 Å². The Morgan fingerprint density at radius 2 is 1.69 bits per heavy atom. The van der Waals surface area contributed by atoms with E-state index in [4.69, 9.17) is 0 Å². The first-order chi connectivity index (χ1) is 15.0. The molecular formula is C28H48N2O2. The summed E-state index contributed by atoms with van der Waals surface area (Å²) in [6, 6.07) is 0. The Hall–Kier alpha value is -1.68. The van der Waals surface area contributed by atoms with Crippen LogP contribution in [0.2, 0.25) is 0 Å². The third-order valence-electron chi connectivity index (χ3n) is 5.83. The topological polar surface area (TPSA) is 40.6 Å². The summed E-state index contributed by atoms with van der Waals surface area (Å²) in [5.74, 6) is 0.721. The second-order valence-electron chi connectivity index (χ2n) is 10.6. The molecular weight excluding hydrogens is 396 g/mol. The number of fused-ring (bicyclic) bond motifs is 1. The van der Waals surface area contributed by atoms with Crippen molar-refractivity contribution < 1.29 is 9.59 Å². The van der Waals surface area contributed by atoms with Crippen LogP contribution in [0, 0.1) is 17.8 Å². The second-order valence-corrected chi connectivity index (χ2v) is 10.6. The Balaban J connectivity index is 0.00000118. The summed E-state index contributed by atoms with van der Waals surface area (Å²) >= 11 is 0. The number of carbonyl (C=O) groups is 2. The summed E-state index contributed by atoms with van der Waals surface area (Å²) in [6.45, 7) is 14.4. The van der Waals surface area contributed by atoms with Gasteiger partial charge in [-0.1, -0.05) is 55.7 Å². The lowest BCUT2D eigenvalue weighted by molar-refractivity contribution is -0.140. The standard InChI is InChI=1S/C24H38N2O2.C4H10/c1-18(2)9-6-10-19(3)11-7-12-20-13-14-21-22(17-20)24(28)26(23(21)27)16-8-15-25(4)5;1-4(2)3/h9,11,13,21-22H,6-8,10,12,14-17H2,1-5H3;4H,1-3H3/b19-11+;. The van der Waals surface area contributed by atoms with Crippen molar-refractivity contribution in [2.45, 2.75) is 86.5 Å². The maximum atomic E-state index is 12.8. The van der Waals surface area contributed by atoms with Gasteiger partial charge in [-0.25, -0.2) is 0 Å². The summed E-state index contributed by atoms with van der Waals surface area (Å²) in [5.41, 5.74) is 4.16. The van der Waals surface area contributed by atoms with Crippen molar-refractivity contribution >= 4 is 11.8 Å². The lowest BCUT2D eigenvalue weighted by Gasteiger charge is -2.21. The maximum absolute atomic E-state index is 12.8. The molecule has 0 aromatic carbocycles. The Kier molecular flexibility index (Phi) is 12.8. The van der Waals surface area contributed by atoms with E-state index in [9.17, 15) is 9.59 Å². The third kappa shape index (κ3) is 10.3. The summed E-state index contributed by atoms with van der Waals surface area (Å²) in [4.78, 5) is 29.0. The number of allylic oxidation sites excluding steroid dienone is 6. The van der Waals surface area contributed by atoms with Crippen LogP contribution < -0.4 is 0 Å². The molecule has 2 amide bonds. The van der Waals surface area contributed by atoms with E-state index in [2.05, 4.69) is 64.7 Å². The number of amides is 2. The average Bonchev–Trinajstić information content (AvgIpc) is 2.91. The minimum atomic E-state index is -0.116. The van der Waals surface area contributed by atoms with Gasteiger partial charge in [0.2, 0.25) is 11.8 Å². The van der Waals surface area contributed by atoms with Crippen LogP contribution >= 0.6 is 0 Å². The van der Waals surface area contributed by atoms with E-state index in [0.717, 1.165) is 57.4 Å². The molecule has 1 heterocycles. The fraction of sp³-hybridized carbons (Fsp3) is 0.714. The maximum Gasteiger partial charge on any atom is 0.233 e. The summed E-state index contributed by atoms with van der Waals surface area (Å²) in [6.07, 6.45) is 13.4. The van der Waals surface area contributed by atoms with Crippen molar-refractivity contribution in [2.24, 2.45) is 17.8 Å². The summed E-state index contributed by atoms with van der Waals surface area (Å²) in [7, 11) is 4.03. The number of nitrogens with zero attached hydrogens (tertiary/aromatic N) is 2. The zero-order valence-electron chi connectivity index (χ0n) is 22.0. The largest absolute Gasteiger partial charge is 0.309 e. The molecule has 4 nitrogen and oxygen atoms in total. The Morgan fingerprint density at radius 1 is 1.06 bits per heavy atom. The van der Waals surface area contributed by atoms with Gasteiger partial charge in [-0.3, -0.25) is 14.5 Å². The van der Waals surface area contributed by atoms with Gasteiger partial charge < -0.3 is 4.90 Å². The lowest BCUT2D eigenvalue weighted by atomic mass is 9.80. The number of rotatable bonds is 10. The molecule has 1 saturated heterocycles. The quantitative estimate of drug-likeness (QED) is 0.289. The van der Waals surface area contributed by atoms with Crippen LogP contribution in [0.3, 0.4) is 0 Å². The van der Waals surface area contributed by atoms with E-state index in [-0.39, 0.29) is 23.7 Å². The van der Waals surface area contributed by atoms with Gasteiger partial charge in [-0.05, 0) is 92.3 Å². The molecule has 1 fully saturated rings. The molecule has 182 valence electrons. The summed E-state index contributed by atoms with van der Waals surface area (Å²) in [5, 5.41) is 0. The first-order valence-electron chi connectivity index (χ1n) is 12.5. The number of hydrogen-bond donors (Lipinski definition) is 0. The van der Waals surface area contributed by atoms with Gasteiger partial charge in [0.25, 0.3) is 0 Å². The fourth-order valence-corrected chi connectivity index (χ4v) is 4.17. The molecule has 0 aromatic rings. The number of imide groups is 1.